The number of ether oxygens (including phenoxy) is 1. The van der Waals surface area contributed by atoms with Gasteiger partial charge in [0, 0.05) is 12.8 Å². The molecule has 0 spiro atoms. The van der Waals surface area contributed by atoms with Gasteiger partial charge in [0.25, 0.3) is 0 Å². The van der Waals surface area contributed by atoms with Crippen LogP contribution in [0.5, 0.6) is 0 Å². The molecule has 4 nitrogen and oxygen atoms in total. The van der Waals surface area contributed by atoms with Crippen LogP contribution in [-0.4, -0.2) is 28.8 Å². The summed E-state index contributed by atoms with van der Waals surface area (Å²) in [5.74, 6) is -0.925. The minimum absolute atomic E-state index is 0.0334. The second kappa shape index (κ2) is 3.03. The predicted octanol–water partition coefficient (Wildman–Crippen LogP) is 0.356. The van der Waals surface area contributed by atoms with Crippen LogP contribution < -0.4 is 5.73 Å². The fraction of sp³-hybridized carbons (Fsp3) is 0.875. The van der Waals surface area contributed by atoms with Crippen LogP contribution in [0.2, 0.25) is 0 Å². The van der Waals surface area contributed by atoms with Gasteiger partial charge in [-0.1, -0.05) is 0 Å². The molecule has 0 heterocycles. The van der Waals surface area contributed by atoms with Crippen molar-refractivity contribution >= 4 is 5.97 Å². The molecule has 0 radical (unpaired) electrons. The molecule has 1 aliphatic rings. The van der Waals surface area contributed by atoms with Gasteiger partial charge in [-0.3, -0.25) is 4.79 Å². The number of carbonyl (C=O) groups is 1. The molecule has 0 amide bonds. The number of rotatable bonds is 3. The van der Waals surface area contributed by atoms with Crippen LogP contribution in [0.3, 0.4) is 0 Å². The maximum atomic E-state index is 10.6. The highest BCUT2D eigenvalue weighted by molar-refractivity contribution is 5.80. The van der Waals surface area contributed by atoms with Gasteiger partial charge in [0.1, 0.15) is 5.54 Å². The molecule has 0 aliphatic heterocycles. The van der Waals surface area contributed by atoms with Gasteiger partial charge in [-0.05, 0) is 13.8 Å². The molecule has 1 fully saturated rings. The first-order valence-electron chi connectivity index (χ1n) is 4.12. The normalized spacial score (nSPS) is 34.8. The summed E-state index contributed by atoms with van der Waals surface area (Å²) >= 11 is 0. The molecule has 12 heavy (non-hydrogen) atoms. The first-order valence-corrected chi connectivity index (χ1v) is 4.12. The number of hydrogen-bond acceptors (Lipinski definition) is 3. The maximum Gasteiger partial charge on any atom is 0.323 e. The number of aliphatic carboxylic acids is 1. The molecular weight excluding hydrogens is 158 g/mol. The lowest BCUT2D eigenvalue weighted by atomic mass is 9.75. The maximum absolute atomic E-state index is 10.6. The summed E-state index contributed by atoms with van der Waals surface area (Å²) in [6.07, 6.45) is 1.04. The quantitative estimate of drug-likeness (QED) is 0.646. The van der Waals surface area contributed by atoms with E-state index in [0.29, 0.717) is 12.8 Å². The van der Waals surface area contributed by atoms with E-state index in [0.717, 1.165) is 0 Å². The Kier molecular flexibility index (Phi) is 2.39. The number of nitrogens with two attached hydrogens (primary N) is 1. The Bertz CT molecular complexity index is 185. The van der Waals surface area contributed by atoms with Gasteiger partial charge in [-0.2, -0.15) is 0 Å². The summed E-state index contributed by atoms with van der Waals surface area (Å²) in [6.45, 7) is 3.86. The molecule has 0 unspecified atom stereocenters. The molecule has 70 valence electrons. The van der Waals surface area contributed by atoms with Crippen molar-refractivity contribution in [3.05, 3.63) is 0 Å². The van der Waals surface area contributed by atoms with E-state index >= 15 is 0 Å². The van der Waals surface area contributed by atoms with Crippen LogP contribution >= 0.6 is 0 Å². The van der Waals surface area contributed by atoms with Crippen molar-refractivity contribution in [2.24, 2.45) is 5.73 Å². The van der Waals surface area contributed by atoms with Gasteiger partial charge in [-0.15, -0.1) is 0 Å². The van der Waals surface area contributed by atoms with Crippen LogP contribution in [0.1, 0.15) is 26.7 Å². The van der Waals surface area contributed by atoms with E-state index in [2.05, 4.69) is 0 Å². The second-order valence-electron chi connectivity index (χ2n) is 3.68. The summed E-state index contributed by atoms with van der Waals surface area (Å²) in [5, 5.41) is 8.66. The van der Waals surface area contributed by atoms with E-state index in [1.54, 1.807) is 0 Å². The Hall–Kier alpha value is -0.610. The smallest absolute Gasteiger partial charge is 0.323 e. The van der Waals surface area contributed by atoms with Crippen LogP contribution in [0.25, 0.3) is 0 Å². The van der Waals surface area contributed by atoms with Crippen molar-refractivity contribution < 1.29 is 14.6 Å². The van der Waals surface area contributed by atoms with E-state index in [1.165, 1.54) is 0 Å². The highest BCUT2D eigenvalue weighted by Crippen LogP contribution is 2.33. The summed E-state index contributed by atoms with van der Waals surface area (Å²) in [4.78, 5) is 10.6. The SMILES string of the molecule is CC(C)OC1CC(N)(C(=O)O)C1. The van der Waals surface area contributed by atoms with Crippen molar-refractivity contribution in [2.75, 3.05) is 0 Å². The Labute approximate surface area is 71.7 Å². The molecule has 0 aromatic heterocycles. The third-order valence-electron chi connectivity index (χ3n) is 2.07. The van der Waals surface area contributed by atoms with Gasteiger partial charge >= 0.3 is 5.97 Å². The van der Waals surface area contributed by atoms with Crippen LogP contribution in [0.15, 0.2) is 0 Å². The summed E-state index contributed by atoms with van der Waals surface area (Å²) in [7, 11) is 0. The Balaban J connectivity index is 2.32. The average Bonchev–Trinajstić information content (AvgIpc) is 1.82. The Morgan fingerprint density at radius 3 is 2.50 bits per heavy atom. The monoisotopic (exact) mass is 173 g/mol. The number of carboxylic acid groups (broad SMARTS) is 1. The summed E-state index contributed by atoms with van der Waals surface area (Å²) in [5.41, 5.74) is 4.50. The second-order valence-corrected chi connectivity index (χ2v) is 3.68. The molecule has 0 atom stereocenters. The van der Waals surface area contributed by atoms with E-state index in [1.807, 2.05) is 13.8 Å². The Morgan fingerprint density at radius 1 is 1.67 bits per heavy atom. The molecule has 0 aromatic rings. The molecular formula is C8H15NO3. The molecule has 1 aliphatic carbocycles. The summed E-state index contributed by atoms with van der Waals surface area (Å²) < 4.78 is 5.39. The van der Waals surface area contributed by atoms with E-state index in [-0.39, 0.29) is 12.2 Å². The van der Waals surface area contributed by atoms with Gasteiger partial charge in [-0.25, -0.2) is 0 Å². The lowest BCUT2D eigenvalue weighted by Crippen LogP contribution is -2.61. The molecule has 1 rings (SSSR count). The predicted molar refractivity (Wildman–Crippen MR) is 43.8 cm³/mol. The van der Waals surface area contributed by atoms with E-state index in [9.17, 15) is 4.79 Å². The highest BCUT2D eigenvalue weighted by atomic mass is 16.5. The molecule has 0 aromatic carbocycles. The van der Waals surface area contributed by atoms with Crippen LogP contribution in [-0.2, 0) is 9.53 Å². The highest BCUT2D eigenvalue weighted by Gasteiger charge is 2.48. The van der Waals surface area contributed by atoms with Gasteiger partial charge < -0.3 is 15.6 Å². The Morgan fingerprint density at radius 2 is 2.17 bits per heavy atom. The lowest BCUT2D eigenvalue weighted by Gasteiger charge is -2.41. The van der Waals surface area contributed by atoms with Crippen molar-refractivity contribution in [3.63, 3.8) is 0 Å². The van der Waals surface area contributed by atoms with Gasteiger partial charge in [0.15, 0.2) is 0 Å². The van der Waals surface area contributed by atoms with Crippen LogP contribution in [0.4, 0.5) is 0 Å². The number of carboxylic acids is 1. The third-order valence-corrected chi connectivity index (χ3v) is 2.07. The molecule has 1 saturated carbocycles. The van der Waals surface area contributed by atoms with Crippen LogP contribution in [0, 0.1) is 0 Å². The molecule has 0 bridgehead atoms. The molecule has 4 heteroatoms. The minimum atomic E-state index is -1.03. The molecule has 0 saturated heterocycles. The van der Waals surface area contributed by atoms with Crippen molar-refractivity contribution in [1.82, 2.24) is 0 Å². The van der Waals surface area contributed by atoms with Crippen molar-refractivity contribution in [1.29, 1.82) is 0 Å². The first kappa shape index (κ1) is 9.48. The first-order chi connectivity index (χ1) is 5.44. The third kappa shape index (κ3) is 1.76. The zero-order valence-corrected chi connectivity index (χ0v) is 7.41. The fourth-order valence-electron chi connectivity index (χ4n) is 1.41. The number of hydrogen-bond donors (Lipinski definition) is 2. The minimum Gasteiger partial charge on any atom is -0.480 e. The van der Waals surface area contributed by atoms with Crippen molar-refractivity contribution in [2.45, 2.75) is 44.4 Å². The zero-order chi connectivity index (χ0) is 9.35. The summed E-state index contributed by atoms with van der Waals surface area (Å²) in [6, 6.07) is 0. The average molecular weight is 173 g/mol. The zero-order valence-electron chi connectivity index (χ0n) is 7.41. The topological polar surface area (TPSA) is 72.5 Å². The standard InChI is InChI=1S/C8H15NO3/c1-5(2)12-6-3-8(9,4-6)7(10)11/h5-6H,3-4,9H2,1-2H3,(H,10,11). The van der Waals surface area contributed by atoms with E-state index < -0.39 is 11.5 Å². The lowest BCUT2D eigenvalue weighted by molar-refractivity contribution is -0.156. The van der Waals surface area contributed by atoms with Gasteiger partial charge in [0.2, 0.25) is 0 Å². The van der Waals surface area contributed by atoms with Gasteiger partial charge in [0.05, 0.1) is 12.2 Å². The molecule has 3 N–H and O–H groups in total. The largest absolute Gasteiger partial charge is 0.480 e. The van der Waals surface area contributed by atoms with Crippen molar-refractivity contribution in [3.8, 4) is 0 Å². The fourth-order valence-corrected chi connectivity index (χ4v) is 1.41. The van der Waals surface area contributed by atoms with E-state index in [4.69, 9.17) is 15.6 Å².